The smallest absolute Gasteiger partial charge is 0.127 e. The van der Waals surface area contributed by atoms with Crippen molar-refractivity contribution in [3.8, 4) is 0 Å². The molecule has 22 heavy (non-hydrogen) atoms. The maximum absolute atomic E-state index is 6.13. The van der Waals surface area contributed by atoms with E-state index in [1.807, 2.05) is 37.6 Å². The van der Waals surface area contributed by atoms with Gasteiger partial charge in [-0.15, -0.1) is 12.4 Å². The first-order valence-corrected chi connectivity index (χ1v) is 8.18. The minimum absolute atomic E-state index is 0. The first-order valence-electron chi connectivity index (χ1n) is 7.01. The summed E-state index contributed by atoms with van der Waals surface area (Å²) in [5, 5.41) is 4.23. The Balaban J connectivity index is 0.00000176. The van der Waals surface area contributed by atoms with Gasteiger partial charge in [-0.25, -0.2) is 4.98 Å². The van der Waals surface area contributed by atoms with Gasteiger partial charge in [-0.2, -0.15) is 0 Å². The third-order valence-electron chi connectivity index (χ3n) is 3.89. The minimum Gasteiger partial charge on any atom is -0.337 e. The summed E-state index contributed by atoms with van der Waals surface area (Å²) in [5.41, 5.74) is 1.21. The van der Waals surface area contributed by atoms with Gasteiger partial charge in [-0.05, 0) is 23.8 Å². The second kappa shape index (κ2) is 7.79. The van der Waals surface area contributed by atoms with Crippen molar-refractivity contribution in [3.63, 3.8) is 0 Å². The highest BCUT2D eigenvalue weighted by atomic mass is 79.9. The number of imidazole rings is 1. The van der Waals surface area contributed by atoms with Crippen LogP contribution in [0.2, 0.25) is 5.02 Å². The van der Waals surface area contributed by atoms with Crippen LogP contribution in [0.3, 0.4) is 0 Å². The van der Waals surface area contributed by atoms with E-state index in [-0.39, 0.29) is 18.4 Å². The van der Waals surface area contributed by atoms with Crippen molar-refractivity contribution in [2.24, 2.45) is 7.05 Å². The summed E-state index contributed by atoms with van der Waals surface area (Å²) in [6.07, 6.45) is 3.86. The molecular formula is C15H19BrCl2N4. The lowest BCUT2D eigenvalue weighted by Crippen LogP contribution is -2.46. The second-order valence-corrected chi connectivity index (χ2v) is 6.61. The van der Waals surface area contributed by atoms with Crippen LogP contribution in [-0.4, -0.2) is 34.1 Å². The molecule has 0 bridgehead atoms. The Bertz CT molecular complexity index is 632. The molecule has 2 heterocycles. The van der Waals surface area contributed by atoms with Gasteiger partial charge in [0.05, 0.1) is 6.04 Å². The van der Waals surface area contributed by atoms with E-state index in [1.165, 1.54) is 5.56 Å². The Morgan fingerprint density at radius 2 is 2.27 bits per heavy atom. The number of hydrogen-bond donors (Lipinski definition) is 1. The lowest BCUT2D eigenvalue weighted by atomic mass is 10.1. The third-order valence-corrected chi connectivity index (χ3v) is 4.90. The lowest BCUT2D eigenvalue weighted by Gasteiger charge is -2.36. The first-order chi connectivity index (χ1) is 10.1. The summed E-state index contributed by atoms with van der Waals surface area (Å²) in [5.74, 6) is 1.10. The van der Waals surface area contributed by atoms with Crippen molar-refractivity contribution in [1.82, 2.24) is 19.8 Å². The fraction of sp³-hybridized carbons (Fsp3) is 0.400. The minimum atomic E-state index is 0. The second-order valence-electron chi connectivity index (χ2n) is 5.32. The number of aromatic nitrogens is 2. The summed E-state index contributed by atoms with van der Waals surface area (Å²) in [7, 11) is 2.05. The predicted octanol–water partition coefficient (Wildman–Crippen LogP) is 3.40. The molecule has 1 aromatic heterocycles. The molecular weight excluding hydrogens is 387 g/mol. The number of rotatable bonds is 3. The van der Waals surface area contributed by atoms with Gasteiger partial charge in [0.2, 0.25) is 0 Å². The Hall–Kier alpha value is -0.590. The van der Waals surface area contributed by atoms with Crippen LogP contribution < -0.4 is 5.32 Å². The molecule has 0 amide bonds. The van der Waals surface area contributed by atoms with E-state index in [4.69, 9.17) is 11.6 Å². The zero-order valence-corrected chi connectivity index (χ0v) is 15.5. The van der Waals surface area contributed by atoms with Crippen LogP contribution >= 0.6 is 39.9 Å². The molecule has 1 N–H and O–H groups in total. The van der Waals surface area contributed by atoms with Crippen LogP contribution in [0.15, 0.2) is 35.1 Å². The molecule has 1 aliphatic rings. The van der Waals surface area contributed by atoms with Gasteiger partial charge < -0.3 is 9.88 Å². The molecule has 1 aliphatic heterocycles. The SMILES string of the molecule is Cl.Cn1ccnc1C1CNCCN1Cc1cc(Cl)ccc1Br. The van der Waals surface area contributed by atoms with Crippen molar-refractivity contribution < 1.29 is 0 Å². The summed E-state index contributed by atoms with van der Waals surface area (Å²) in [6, 6.07) is 6.23. The zero-order valence-electron chi connectivity index (χ0n) is 12.3. The number of hydrogen-bond acceptors (Lipinski definition) is 3. The van der Waals surface area contributed by atoms with Gasteiger partial charge in [0.1, 0.15) is 5.82 Å². The van der Waals surface area contributed by atoms with E-state index in [0.717, 1.165) is 41.5 Å². The van der Waals surface area contributed by atoms with E-state index in [0.29, 0.717) is 0 Å². The highest BCUT2D eigenvalue weighted by Crippen LogP contribution is 2.27. The Morgan fingerprint density at radius 1 is 1.45 bits per heavy atom. The van der Waals surface area contributed by atoms with Crippen LogP contribution in [0.4, 0.5) is 0 Å². The molecule has 120 valence electrons. The number of piperazine rings is 1. The maximum atomic E-state index is 6.13. The van der Waals surface area contributed by atoms with Crippen molar-refractivity contribution >= 4 is 39.9 Å². The van der Waals surface area contributed by atoms with Crippen LogP contribution in [0.25, 0.3) is 0 Å². The van der Waals surface area contributed by atoms with Crippen LogP contribution in [0, 0.1) is 0 Å². The Labute approximate surface area is 150 Å². The van der Waals surface area contributed by atoms with Gasteiger partial charge in [0, 0.05) is 55.1 Å². The monoisotopic (exact) mass is 404 g/mol. The van der Waals surface area contributed by atoms with Gasteiger partial charge in [-0.3, -0.25) is 4.90 Å². The number of benzene rings is 1. The van der Waals surface area contributed by atoms with Crippen molar-refractivity contribution in [3.05, 3.63) is 51.5 Å². The molecule has 1 saturated heterocycles. The summed E-state index contributed by atoms with van der Waals surface area (Å²) >= 11 is 9.75. The maximum Gasteiger partial charge on any atom is 0.127 e. The molecule has 2 aromatic rings. The Kier molecular flexibility index (Phi) is 6.29. The van der Waals surface area contributed by atoms with Gasteiger partial charge >= 0.3 is 0 Å². The lowest BCUT2D eigenvalue weighted by molar-refractivity contribution is 0.144. The molecule has 0 spiro atoms. The molecule has 1 fully saturated rings. The quantitative estimate of drug-likeness (QED) is 0.849. The van der Waals surface area contributed by atoms with E-state index in [2.05, 4.69) is 35.7 Å². The van der Waals surface area contributed by atoms with Crippen molar-refractivity contribution in [2.75, 3.05) is 19.6 Å². The molecule has 0 aliphatic carbocycles. The van der Waals surface area contributed by atoms with Gasteiger partial charge in [-0.1, -0.05) is 27.5 Å². The standard InChI is InChI=1S/C15H18BrClN4.ClH/c1-20-6-5-19-15(20)14-9-18-4-7-21(14)10-11-8-12(17)2-3-13(11)16;/h2-3,5-6,8,14,18H,4,7,9-10H2,1H3;1H. The normalized spacial score (nSPS) is 19.0. The molecule has 0 radical (unpaired) electrons. The summed E-state index contributed by atoms with van der Waals surface area (Å²) in [4.78, 5) is 6.97. The molecule has 4 nitrogen and oxygen atoms in total. The fourth-order valence-corrected chi connectivity index (χ4v) is 3.34. The van der Waals surface area contributed by atoms with E-state index in [1.54, 1.807) is 0 Å². The molecule has 1 aromatic carbocycles. The highest BCUT2D eigenvalue weighted by Gasteiger charge is 2.27. The van der Waals surface area contributed by atoms with Gasteiger partial charge in [0.15, 0.2) is 0 Å². The summed E-state index contributed by atoms with van der Waals surface area (Å²) in [6.45, 7) is 3.78. The number of aryl methyl sites for hydroxylation is 1. The number of halogens is 3. The molecule has 1 atom stereocenters. The van der Waals surface area contributed by atoms with Crippen LogP contribution in [0.1, 0.15) is 17.4 Å². The van der Waals surface area contributed by atoms with Crippen molar-refractivity contribution in [1.29, 1.82) is 0 Å². The van der Waals surface area contributed by atoms with Crippen LogP contribution in [0.5, 0.6) is 0 Å². The molecule has 1 unspecified atom stereocenters. The highest BCUT2D eigenvalue weighted by molar-refractivity contribution is 9.10. The Morgan fingerprint density at radius 3 is 3.00 bits per heavy atom. The molecule has 7 heteroatoms. The van der Waals surface area contributed by atoms with Crippen molar-refractivity contribution in [2.45, 2.75) is 12.6 Å². The predicted molar refractivity (Wildman–Crippen MR) is 95.6 cm³/mol. The third kappa shape index (κ3) is 3.84. The zero-order chi connectivity index (χ0) is 14.8. The fourth-order valence-electron chi connectivity index (χ4n) is 2.77. The molecule has 0 saturated carbocycles. The summed E-state index contributed by atoms with van der Waals surface area (Å²) < 4.78 is 3.20. The molecule has 3 rings (SSSR count). The number of nitrogens with one attached hydrogen (secondary N) is 1. The first kappa shape index (κ1) is 17.8. The average molecular weight is 406 g/mol. The average Bonchev–Trinajstić information content (AvgIpc) is 2.90. The van der Waals surface area contributed by atoms with Gasteiger partial charge in [0.25, 0.3) is 0 Å². The van der Waals surface area contributed by atoms with E-state index in [9.17, 15) is 0 Å². The topological polar surface area (TPSA) is 33.1 Å². The number of nitrogens with zero attached hydrogens (tertiary/aromatic N) is 3. The largest absolute Gasteiger partial charge is 0.337 e. The van der Waals surface area contributed by atoms with E-state index >= 15 is 0 Å². The van der Waals surface area contributed by atoms with E-state index < -0.39 is 0 Å². The van der Waals surface area contributed by atoms with Crippen LogP contribution in [-0.2, 0) is 13.6 Å².